The normalized spacial score (nSPS) is 11.2. The van der Waals surface area contributed by atoms with E-state index in [0.717, 1.165) is 10.9 Å². The Kier molecular flexibility index (Phi) is 5.20. The second kappa shape index (κ2) is 7.54. The number of hydrogen-bond donors (Lipinski definition) is 3. The van der Waals surface area contributed by atoms with Gasteiger partial charge in [0.2, 0.25) is 0 Å². The van der Waals surface area contributed by atoms with Crippen molar-refractivity contribution in [1.29, 1.82) is 0 Å². The van der Waals surface area contributed by atoms with E-state index in [0.29, 0.717) is 36.8 Å². The maximum absolute atomic E-state index is 14.5. The average molecular weight is 344 g/mol. The lowest BCUT2D eigenvalue weighted by Crippen LogP contribution is -2.31. The third kappa shape index (κ3) is 3.59. The highest BCUT2D eigenvalue weighted by molar-refractivity contribution is 5.89. The van der Waals surface area contributed by atoms with E-state index >= 15 is 0 Å². The molecule has 0 bridgehead atoms. The van der Waals surface area contributed by atoms with Gasteiger partial charge >= 0.3 is 0 Å². The molecule has 0 saturated heterocycles. The van der Waals surface area contributed by atoms with Gasteiger partial charge in [0, 0.05) is 38.3 Å². The SMILES string of the molecule is Cc1cc(F)c(-c2[nH]nc3ncccc23)nc1N(C)CCNCCO. The first kappa shape index (κ1) is 17.2. The molecule has 0 saturated carbocycles. The Hall–Kier alpha value is -2.58. The van der Waals surface area contributed by atoms with E-state index in [-0.39, 0.29) is 12.3 Å². The van der Waals surface area contributed by atoms with Gasteiger partial charge in [-0.3, -0.25) is 5.10 Å². The van der Waals surface area contributed by atoms with Crippen LogP contribution in [0.4, 0.5) is 10.2 Å². The molecule has 0 aromatic carbocycles. The molecule has 0 radical (unpaired) electrons. The molecule has 0 fully saturated rings. The quantitative estimate of drug-likeness (QED) is 0.563. The minimum Gasteiger partial charge on any atom is -0.395 e. The Morgan fingerprint density at radius 3 is 3.00 bits per heavy atom. The van der Waals surface area contributed by atoms with Crippen LogP contribution in [0.5, 0.6) is 0 Å². The van der Waals surface area contributed by atoms with Gasteiger partial charge < -0.3 is 15.3 Å². The first-order valence-corrected chi connectivity index (χ1v) is 8.11. The average Bonchev–Trinajstić information content (AvgIpc) is 3.03. The lowest BCUT2D eigenvalue weighted by molar-refractivity contribution is 0.293. The number of anilines is 1. The van der Waals surface area contributed by atoms with Gasteiger partial charge in [-0.2, -0.15) is 5.10 Å². The number of halogens is 1. The summed E-state index contributed by atoms with van der Waals surface area (Å²) in [5, 5.41) is 19.6. The lowest BCUT2D eigenvalue weighted by atomic mass is 10.1. The van der Waals surface area contributed by atoms with E-state index in [1.54, 1.807) is 12.3 Å². The third-order valence-corrected chi connectivity index (χ3v) is 3.98. The highest BCUT2D eigenvalue weighted by Crippen LogP contribution is 2.29. The number of aromatic nitrogens is 4. The van der Waals surface area contributed by atoms with Crippen molar-refractivity contribution >= 4 is 16.9 Å². The van der Waals surface area contributed by atoms with E-state index in [1.165, 1.54) is 6.07 Å². The van der Waals surface area contributed by atoms with Gasteiger partial charge in [-0.1, -0.05) is 0 Å². The second-order valence-electron chi connectivity index (χ2n) is 5.83. The molecule has 7 nitrogen and oxygen atoms in total. The van der Waals surface area contributed by atoms with E-state index < -0.39 is 5.82 Å². The van der Waals surface area contributed by atoms with Crippen LogP contribution in [-0.4, -0.2) is 58.6 Å². The first-order valence-electron chi connectivity index (χ1n) is 8.11. The fourth-order valence-corrected chi connectivity index (χ4v) is 2.72. The predicted molar refractivity (Wildman–Crippen MR) is 95.0 cm³/mol. The summed E-state index contributed by atoms with van der Waals surface area (Å²) >= 11 is 0. The number of H-pyrrole nitrogens is 1. The Morgan fingerprint density at radius 2 is 2.20 bits per heavy atom. The van der Waals surface area contributed by atoms with Crippen LogP contribution in [0.3, 0.4) is 0 Å². The molecule has 132 valence electrons. The zero-order valence-corrected chi connectivity index (χ0v) is 14.3. The number of fused-ring (bicyclic) bond motifs is 1. The largest absolute Gasteiger partial charge is 0.395 e. The van der Waals surface area contributed by atoms with Crippen LogP contribution in [0.15, 0.2) is 24.4 Å². The van der Waals surface area contributed by atoms with Gasteiger partial charge in [0.15, 0.2) is 11.5 Å². The molecule has 3 aromatic rings. The molecule has 0 spiro atoms. The van der Waals surface area contributed by atoms with E-state index in [9.17, 15) is 4.39 Å². The van der Waals surface area contributed by atoms with Crippen LogP contribution < -0.4 is 10.2 Å². The van der Waals surface area contributed by atoms with Crippen LogP contribution in [-0.2, 0) is 0 Å². The molecule has 0 atom stereocenters. The second-order valence-corrected chi connectivity index (χ2v) is 5.83. The Labute approximate surface area is 144 Å². The van der Waals surface area contributed by atoms with Crippen LogP contribution >= 0.6 is 0 Å². The van der Waals surface area contributed by atoms with Gasteiger partial charge in [0.1, 0.15) is 11.5 Å². The number of likely N-dealkylation sites (N-methyl/N-ethyl adjacent to an activating group) is 1. The number of nitrogens with zero attached hydrogens (tertiary/aromatic N) is 4. The van der Waals surface area contributed by atoms with Gasteiger partial charge in [0.05, 0.1) is 12.3 Å². The molecule has 0 aliphatic heterocycles. The van der Waals surface area contributed by atoms with E-state index in [4.69, 9.17) is 5.11 Å². The third-order valence-electron chi connectivity index (χ3n) is 3.98. The van der Waals surface area contributed by atoms with Crippen LogP contribution in [0.25, 0.3) is 22.4 Å². The molecule has 25 heavy (non-hydrogen) atoms. The van der Waals surface area contributed by atoms with Crippen molar-refractivity contribution in [2.75, 3.05) is 38.2 Å². The summed E-state index contributed by atoms with van der Waals surface area (Å²) in [5.41, 5.74) is 2.04. The van der Waals surface area contributed by atoms with E-state index in [1.807, 2.05) is 24.9 Å². The molecule has 0 unspecified atom stereocenters. The van der Waals surface area contributed by atoms with Crippen molar-refractivity contribution < 1.29 is 9.50 Å². The standard InChI is InChI=1S/C17H21FN6O/c1-11-10-13(18)15(14-12-4-3-5-20-16(12)23-22-14)21-17(11)24(2)8-6-19-7-9-25/h3-5,10,19,25H,6-9H2,1-2H3,(H,20,22,23). The van der Waals surface area contributed by atoms with Gasteiger partial charge in [-0.15, -0.1) is 0 Å². The fourth-order valence-electron chi connectivity index (χ4n) is 2.72. The number of aliphatic hydroxyl groups is 1. The minimum absolute atomic E-state index is 0.0998. The lowest BCUT2D eigenvalue weighted by Gasteiger charge is -2.21. The summed E-state index contributed by atoms with van der Waals surface area (Å²) in [4.78, 5) is 10.7. The molecular weight excluding hydrogens is 323 g/mol. The Morgan fingerprint density at radius 1 is 1.36 bits per heavy atom. The topological polar surface area (TPSA) is 90.0 Å². The van der Waals surface area contributed by atoms with Gasteiger partial charge in [-0.05, 0) is 30.7 Å². The maximum Gasteiger partial charge on any atom is 0.181 e. The number of rotatable bonds is 7. The zero-order valence-electron chi connectivity index (χ0n) is 14.3. The van der Waals surface area contributed by atoms with Crippen molar-refractivity contribution in [2.24, 2.45) is 0 Å². The molecule has 0 aliphatic rings. The summed E-state index contributed by atoms with van der Waals surface area (Å²) in [6.45, 7) is 3.86. The van der Waals surface area contributed by atoms with Crippen molar-refractivity contribution in [3.8, 4) is 11.4 Å². The monoisotopic (exact) mass is 344 g/mol. The number of aryl methyl sites for hydroxylation is 1. The number of aliphatic hydroxyl groups excluding tert-OH is 1. The number of pyridine rings is 2. The fraction of sp³-hybridized carbons (Fsp3) is 0.353. The van der Waals surface area contributed by atoms with Crippen molar-refractivity contribution in [3.63, 3.8) is 0 Å². The highest BCUT2D eigenvalue weighted by atomic mass is 19.1. The summed E-state index contributed by atoms with van der Waals surface area (Å²) in [7, 11) is 1.91. The molecule has 3 aromatic heterocycles. The molecule has 3 N–H and O–H groups in total. The molecule has 0 aliphatic carbocycles. The summed E-state index contributed by atoms with van der Waals surface area (Å²) in [6, 6.07) is 5.11. The van der Waals surface area contributed by atoms with Gasteiger partial charge in [-0.25, -0.2) is 14.4 Å². The summed E-state index contributed by atoms with van der Waals surface area (Å²) in [6.07, 6.45) is 1.64. The molecule has 3 heterocycles. The molecular formula is C17H21FN6O. The maximum atomic E-state index is 14.5. The predicted octanol–water partition coefficient (Wildman–Crippen LogP) is 1.49. The Bertz CT molecular complexity index is 865. The van der Waals surface area contributed by atoms with E-state index in [2.05, 4.69) is 25.5 Å². The highest BCUT2D eigenvalue weighted by Gasteiger charge is 2.18. The zero-order chi connectivity index (χ0) is 17.8. The molecule has 3 rings (SSSR count). The summed E-state index contributed by atoms with van der Waals surface area (Å²) in [5.74, 6) is 0.302. The van der Waals surface area contributed by atoms with Crippen LogP contribution in [0.1, 0.15) is 5.56 Å². The minimum atomic E-state index is -0.401. The smallest absolute Gasteiger partial charge is 0.181 e. The number of nitrogens with one attached hydrogen (secondary N) is 2. The molecule has 8 heteroatoms. The molecule has 0 amide bonds. The van der Waals surface area contributed by atoms with Crippen LogP contribution in [0.2, 0.25) is 0 Å². The van der Waals surface area contributed by atoms with Crippen molar-refractivity contribution in [2.45, 2.75) is 6.92 Å². The van der Waals surface area contributed by atoms with Gasteiger partial charge in [0.25, 0.3) is 0 Å². The number of aromatic amines is 1. The summed E-state index contributed by atoms with van der Waals surface area (Å²) < 4.78 is 14.5. The van der Waals surface area contributed by atoms with Crippen LogP contribution in [0, 0.1) is 12.7 Å². The Balaban J connectivity index is 1.93. The van der Waals surface area contributed by atoms with Crippen molar-refractivity contribution in [1.82, 2.24) is 25.5 Å². The van der Waals surface area contributed by atoms with Crippen molar-refractivity contribution in [3.05, 3.63) is 35.8 Å². The number of hydrogen-bond acceptors (Lipinski definition) is 6. The first-order chi connectivity index (χ1) is 12.1.